The molecule has 2 rings (SSSR count). The number of hydrogen-bond donors (Lipinski definition) is 2. The molecule has 2 amide bonds. The summed E-state index contributed by atoms with van der Waals surface area (Å²) in [6, 6.07) is 6.75. The largest absolute Gasteiger partial charge is 0.481 e. The van der Waals surface area contributed by atoms with E-state index in [4.69, 9.17) is 0 Å². The average Bonchev–Trinajstić information content (AvgIpc) is 2.63. The standard InChI is InChI=1S/C19H26N2O4/c1-3-21(4-2)18(23)13-9-11-14(12-10-13)20-17(22)15-7-5-6-8-16(15)19(24)25/h9-12,15-16H,3-8H2,1-2H3,(H,20,22)(H,24,25)/t15-,16-/m0/s1. The van der Waals surface area contributed by atoms with Gasteiger partial charge in [0.05, 0.1) is 11.8 Å². The van der Waals surface area contributed by atoms with Crippen molar-refractivity contribution in [2.75, 3.05) is 18.4 Å². The van der Waals surface area contributed by atoms with Crippen LogP contribution in [-0.4, -0.2) is 40.9 Å². The molecule has 1 aromatic rings. The second-order valence-corrected chi connectivity index (χ2v) is 6.38. The molecule has 6 heteroatoms. The van der Waals surface area contributed by atoms with Crippen molar-refractivity contribution in [3.8, 4) is 0 Å². The van der Waals surface area contributed by atoms with Crippen LogP contribution in [0.15, 0.2) is 24.3 Å². The lowest BCUT2D eigenvalue weighted by molar-refractivity contribution is -0.147. The summed E-state index contributed by atoms with van der Waals surface area (Å²) in [7, 11) is 0. The van der Waals surface area contributed by atoms with E-state index in [9.17, 15) is 19.5 Å². The van der Waals surface area contributed by atoms with Crippen molar-refractivity contribution in [1.29, 1.82) is 0 Å². The molecule has 0 aromatic heterocycles. The van der Waals surface area contributed by atoms with E-state index < -0.39 is 17.8 Å². The van der Waals surface area contributed by atoms with Crippen LogP contribution in [0.25, 0.3) is 0 Å². The average molecular weight is 346 g/mol. The molecule has 2 N–H and O–H groups in total. The Morgan fingerprint density at radius 2 is 1.60 bits per heavy atom. The first-order chi connectivity index (χ1) is 12.0. The van der Waals surface area contributed by atoms with Crippen LogP contribution < -0.4 is 5.32 Å². The predicted octanol–water partition coefficient (Wildman–Crippen LogP) is 3.00. The van der Waals surface area contributed by atoms with Gasteiger partial charge in [-0.2, -0.15) is 0 Å². The van der Waals surface area contributed by atoms with Crippen molar-refractivity contribution in [3.05, 3.63) is 29.8 Å². The molecule has 0 saturated heterocycles. The molecule has 0 heterocycles. The van der Waals surface area contributed by atoms with Crippen LogP contribution in [0, 0.1) is 11.8 Å². The lowest BCUT2D eigenvalue weighted by Crippen LogP contribution is -2.36. The van der Waals surface area contributed by atoms with Gasteiger partial charge in [-0.05, 0) is 51.0 Å². The molecule has 1 saturated carbocycles. The van der Waals surface area contributed by atoms with E-state index in [0.717, 1.165) is 12.8 Å². The first kappa shape index (κ1) is 19.0. The van der Waals surface area contributed by atoms with Crippen LogP contribution in [0.5, 0.6) is 0 Å². The van der Waals surface area contributed by atoms with Crippen molar-refractivity contribution in [1.82, 2.24) is 4.90 Å². The molecule has 136 valence electrons. The monoisotopic (exact) mass is 346 g/mol. The van der Waals surface area contributed by atoms with Gasteiger partial charge in [0.1, 0.15) is 0 Å². The Morgan fingerprint density at radius 1 is 1.04 bits per heavy atom. The van der Waals surface area contributed by atoms with Crippen molar-refractivity contribution < 1.29 is 19.5 Å². The summed E-state index contributed by atoms with van der Waals surface area (Å²) in [5.74, 6) is -2.31. The van der Waals surface area contributed by atoms with E-state index in [1.165, 1.54) is 0 Å². The minimum absolute atomic E-state index is 0.0406. The molecule has 25 heavy (non-hydrogen) atoms. The van der Waals surface area contributed by atoms with Crippen LogP contribution in [0.4, 0.5) is 5.69 Å². The third kappa shape index (κ3) is 4.59. The SMILES string of the molecule is CCN(CC)C(=O)c1ccc(NC(=O)[C@H]2CCCC[C@@H]2C(=O)O)cc1. The van der Waals surface area contributed by atoms with E-state index in [-0.39, 0.29) is 11.8 Å². The zero-order chi connectivity index (χ0) is 18.4. The van der Waals surface area contributed by atoms with Gasteiger partial charge in [-0.1, -0.05) is 12.8 Å². The Hall–Kier alpha value is -2.37. The molecular weight excluding hydrogens is 320 g/mol. The fourth-order valence-corrected chi connectivity index (χ4v) is 3.36. The topological polar surface area (TPSA) is 86.7 Å². The molecule has 0 spiro atoms. The van der Waals surface area contributed by atoms with Crippen molar-refractivity contribution in [3.63, 3.8) is 0 Å². The highest BCUT2D eigenvalue weighted by atomic mass is 16.4. The van der Waals surface area contributed by atoms with Gasteiger partial charge in [0.2, 0.25) is 5.91 Å². The van der Waals surface area contributed by atoms with Crippen molar-refractivity contribution in [2.45, 2.75) is 39.5 Å². The number of carbonyl (C=O) groups excluding carboxylic acids is 2. The van der Waals surface area contributed by atoms with Gasteiger partial charge < -0.3 is 15.3 Å². The van der Waals surface area contributed by atoms with Gasteiger partial charge in [0.15, 0.2) is 0 Å². The molecule has 0 radical (unpaired) electrons. The molecular formula is C19H26N2O4. The Morgan fingerprint density at radius 3 is 2.12 bits per heavy atom. The normalized spacial score (nSPS) is 19.9. The van der Waals surface area contributed by atoms with Gasteiger partial charge in [-0.15, -0.1) is 0 Å². The molecule has 1 aromatic carbocycles. The van der Waals surface area contributed by atoms with Gasteiger partial charge in [-0.25, -0.2) is 0 Å². The Balaban J connectivity index is 2.04. The lowest BCUT2D eigenvalue weighted by atomic mass is 9.78. The fourth-order valence-electron chi connectivity index (χ4n) is 3.36. The molecule has 0 bridgehead atoms. The minimum atomic E-state index is -0.903. The highest BCUT2D eigenvalue weighted by molar-refractivity contribution is 5.97. The molecule has 1 aliphatic rings. The molecule has 0 unspecified atom stereocenters. The summed E-state index contributed by atoms with van der Waals surface area (Å²) in [6.45, 7) is 5.15. The van der Waals surface area contributed by atoms with E-state index in [0.29, 0.717) is 37.2 Å². The number of anilines is 1. The molecule has 0 aliphatic heterocycles. The van der Waals surface area contributed by atoms with Crippen LogP contribution >= 0.6 is 0 Å². The summed E-state index contributed by atoms with van der Waals surface area (Å²) >= 11 is 0. The number of carboxylic acid groups (broad SMARTS) is 1. The number of rotatable bonds is 6. The zero-order valence-electron chi connectivity index (χ0n) is 14.8. The molecule has 1 fully saturated rings. The Bertz CT molecular complexity index is 623. The fraction of sp³-hybridized carbons (Fsp3) is 0.526. The summed E-state index contributed by atoms with van der Waals surface area (Å²) < 4.78 is 0. The van der Waals surface area contributed by atoms with E-state index in [1.807, 2.05) is 13.8 Å². The van der Waals surface area contributed by atoms with Crippen molar-refractivity contribution >= 4 is 23.5 Å². The maximum atomic E-state index is 12.5. The second-order valence-electron chi connectivity index (χ2n) is 6.38. The lowest BCUT2D eigenvalue weighted by Gasteiger charge is -2.27. The number of carbonyl (C=O) groups is 3. The Kier molecular flexibility index (Phi) is 6.56. The first-order valence-corrected chi connectivity index (χ1v) is 8.90. The number of aliphatic carboxylic acids is 1. The van der Waals surface area contributed by atoms with Crippen LogP contribution in [0.2, 0.25) is 0 Å². The number of amides is 2. The van der Waals surface area contributed by atoms with Crippen LogP contribution in [0.1, 0.15) is 49.9 Å². The van der Waals surface area contributed by atoms with Crippen LogP contribution in [0.3, 0.4) is 0 Å². The maximum absolute atomic E-state index is 12.5. The highest BCUT2D eigenvalue weighted by Crippen LogP contribution is 2.31. The summed E-state index contributed by atoms with van der Waals surface area (Å²) in [4.78, 5) is 37.8. The molecule has 6 nitrogen and oxygen atoms in total. The predicted molar refractivity (Wildman–Crippen MR) is 95.4 cm³/mol. The zero-order valence-corrected chi connectivity index (χ0v) is 14.8. The number of carboxylic acids is 1. The number of benzene rings is 1. The highest BCUT2D eigenvalue weighted by Gasteiger charge is 2.35. The van der Waals surface area contributed by atoms with E-state index in [2.05, 4.69) is 5.32 Å². The summed E-state index contributed by atoms with van der Waals surface area (Å²) in [6.07, 6.45) is 2.87. The third-order valence-electron chi connectivity index (χ3n) is 4.87. The van der Waals surface area contributed by atoms with Gasteiger partial charge >= 0.3 is 5.97 Å². The summed E-state index contributed by atoms with van der Waals surface area (Å²) in [5.41, 5.74) is 1.15. The molecule has 2 atom stereocenters. The molecule has 1 aliphatic carbocycles. The van der Waals surface area contributed by atoms with E-state index in [1.54, 1.807) is 29.2 Å². The second kappa shape index (κ2) is 8.65. The quantitative estimate of drug-likeness (QED) is 0.829. The van der Waals surface area contributed by atoms with Gasteiger partial charge in [0, 0.05) is 24.3 Å². The Labute approximate surface area is 148 Å². The minimum Gasteiger partial charge on any atom is -0.481 e. The van der Waals surface area contributed by atoms with Crippen molar-refractivity contribution in [2.24, 2.45) is 11.8 Å². The third-order valence-corrected chi connectivity index (χ3v) is 4.87. The van der Waals surface area contributed by atoms with E-state index >= 15 is 0 Å². The van der Waals surface area contributed by atoms with Gasteiger partial charge in [-0.3, -0.25) is 14.4 Å². The number of hydrogen-bond acceptors (Lipinski definition) is 3. The first-order valence-electron chi connectivity index (χ1n) is 8.90. The maximum Gasteiger partial charge on any atom is 0.307 e. The summed E-state index contributed by atoms with van der Waals surface area (Å²) in [5, 5.41) is 12.1. The van der Waals surface area contributed by atoms with Crippen LogP contribution in [-0.2, 0) is 9.59 Å². The number of nitrogens with zero attached hydrogens (tertiary/aromatic N) is 1. The smallest absolute Gasteiger partial charge is 0.307 e. The van der Waals surface area contributed by atoms with Gasteiger partial charge in [0.25, 0.3) is 5.91 Å². The number of nitrogens with one attached hydrogen (secondary N) is 1.